The molecule has 102 valence electrons. The topological polar surface area (TPSA) is 64.7 Å². The van der Waals surface area contributed by atoms with Crippen LogP contribution >= 0.6 is 15.9 Å². The lowest BCUT2D eigenvalue weighted by Crippen LogP contribution is -2.26. The van der Waals surface area contributed by atoms with Gasteiger partial charge in [-0.05, 0) is 29.8 Å². The molecule has 2 rings (SSSR count). The van der Waals surface area contributed by atoms with Crippen LogP contribution in [0, 0.1) is 0 Å². The van der Waals surface area contributed by atoms with Crippen LogP contribution in [0.15, 0.2) is 23.1 Å². The number of carbonyl (C=O) groups is 1. The van der Waals surface area contributed by atoms with Crippen LogP contribution in [0.25, 0.3) is 0 Å². The predicted molar refractivity (Wildman–Crippen MR) is 74.7 cm³/mol. The van der Waals surface area contributed by atoms with Gasteiger partial charge in [0.15, 0.2) is 0 Å². The lowest BCUT2D eigenvalue weighted by atomic mass is 10.3. The molecule has 0 radical (unpaired) electrons. The van der Waals surface area contributed by atoms with Crippen molar-refractivity contribution in [2.45, 2.75) is 33.5 Å². The van der Waals surface area contributed by atoms with E-state index in [0.717, 1.165) is 12.1 Å². The van der Waals surface area contributed by atoms with Crippen LogP contribution in [0.3, 0.4) is 0 Å². The minimum Gasteiger partial charge on any atom is -0.346 e. The number of carbonyl (C=O) groups excluding carboxylic acids is 1. The van der Waals surface area contributed by atoms with Gasteiger partial charge in [-0.3, -0.25) is 14.2 Å². The number of hydrogen-bond acceptors (Lipinski definition) is 3. The van der Waals surface area contributed by atoms with Crippen molar-refractivity contribution < 1.29 is 4.79 Å². The molecule has 1 N–H and O–H groups in total. The average molecular weight is 326 g/mol. The van der Waals surface area contributed by atoms with E-state index in [9.17, 15) is 4.79 Å². The number of halogens is 1. The molecule has 0 unspecified atom stereocenters. The van der Waals surface area contributed by atoms with Gasteiger partial charge in [-0.25, -0.2) is 0 Å². The van der Waals surface area contributed by atoms with Gasteiger partial charge < -0.3 is 5.32 Å². The van der Waals surface area contributed by atoms with Crippen LogP contribution < -0.4 is 5.32 Å². The molecule has 7 heteroatoms. The molecule has 0 aliphatic rings. The molecule has 0 saturated carbocycles. The number of aromatic nitrogens is 4. The van der Waals surface area contributed by atoms with E-state index in [1.807, 2.05) is 24.7 Å². The van der Waals surface area contributed by atoms with Gasteiger partial charge in [-0.2, -0.15) is 10.2 Å². The van der Waals surface area contributed by atoms with Crippen molar-refractivity contribution in [3.63, 3.8) is 0 Å². The second kappa shape index (κ2) is 6.01. The van der Waals surface area contributed by atoms with Crippen LogP contribution in [-0.4, -0.2) is 25.5 Å². The minimum atomic E-state index is -0.143. The summed E-state index contributed by atoms with van der Waals surface area (Å²) in [4.78, 5) is 12.1. The van der Waals surface area contributed by atoms with E-state index in [1.165, 1.54) is 0 Å². The molecular formula is C12H16BrN5O. The third-order valence-electron chi connectivity index (χ3n) is 2.77. The Morgan fingerprint density at radius 3 is 2.74 bits per heavy atom. The summed E-state index contributed by atoms with van der Waals surface area (Å²) in [6.45, 7) is 5.90. The Labute approximate surface area is 119 Å². The Morgan fingerprint density at radius 2 is 2.11 bits per heavy atom. The van der Waals surface area contributed by atoms with Crippen molar-refractivity contribution >= 4 is 21.8 Å². The zero-order valence-electron chi connectivity index (χ0n) is 10.9. The quantitative estimate of drug-likeness (QED) is 0.911. The normalized spacial score (nSPS) is 10.7. The van der Waals surface area contributed by atoms with Gasteiger partial charge in [-0.1, -0.05) is 0 Å². The fraction of sp³-hybridized carbons (Fsp3) is 0.417. The van der Waals surface area contributed by atoms with Crippen LogP contribution in [0.2, 0.25) is 0 Å². The van der Waals surface area contributed by atoms with Crippen LogP contribution in [0.5, 0.6) is 0 Å². The molecule has 0 bridgehead atoms. The van der Waals surface area contributed by atoms with Crippen molar-refractivity contribution in [3.8, 4) is 0 Å². The largest absolute Gasteiger partial charge is 0.346 e. The molecule has 0 fully saturated rings. The lowest BCUT2D eigenvalue weighted by Gasteiger charge is -2.06. The van der Waals surface area contributed by atoms with E-state index in [-0.39, 0.29) is 5.91 Å². The molecule has 2 aromatic rings. The summed E-state index contributed by atoms with van der Waals surface area (Å²) >= 11 is 3.34. The minimum absolute atomic E-state index is 0.143. The first-order valence-electron chi connectivity index (χ1n) is 6.16. The highest BCUT2D eigenvalue weighted by atomic mass is 79.9. The Bertz CT molecular complexity index is 574. The molecule has 6 nitrogen and oxygen atoms in total. The second-order valence-corrected chi connectivity index (χ2v) is 4.90. The third-order valence-corrected chi connectivity index (χ3v) is 3.35. The zero-order chi connectivity index (χ0) is 13.8. The molecule has 19 heavy (non-hydrogen) atoms. The Hall–Kier alpha value is -1.63. The molecule has 2 aromatic heterocycles. The summed E-state index contributed by atoms with van der Waals surface area (Å²) in [6, 6.07) is 0. The van der Waals surface area contributed by atoms with E-state index < -0.39 is 0 Å². The SMILES string of the molecule is CCn1cc(CNC(=O)c2c(Br)cnn2CC)cn1. The standard InChI is InChI=1S/C12H16BrN5O/c1-3-17-8-9(6-15-17)5-14-12(19)11-10(13)7-16-18(11)4-2/h6-8H,3-5H2,1-2H3,(H,14,19). The average Bonchev–Trinajstić information content (AvgIpc) is 3.02. The van der Waals surface area contributed by atoms with Crippen molar-refractivity contribution in [2.75, 3.05) is 0 Å². The van der Waals surface area contributed by atoms with Crippen molar-refractivity contribution in [3.05, 3.63) is 34.3 Å². The van der Waals surface area contributed by atoms with Gasteiger partial charge in [-0.15, -0.1) is 0 Å². The van der Waals surface area contributed by atoms with Crippen molar-refractivity contribution in [1.82, 2.24) is 24.9 Å². The van der Waals surface area contributed by atoms with Gasteiger partial charge in [0.25, 0.3) is 5.91 Å². The predicted octanol–water partition coefficient (Wildman–Crippen LogP) is 1.81. The van der Waals surface area contributed by atoms with Gasteiger partial charge in [0, 0.05) is 31.4 Å². The van der Waals surface area contributed by atoms with Gasteiger partial charge >= 0.3 is 0 Å². The Balaban J connectivity index is 2.03. The number of amides is 1. The maximum atomic E-state index is 12.1. The summed E-state index contributed by atoms with van der Waals surface area (Å²) in [6.07, 6.45) is 5.32. The van der Waals surface area contributed by atoms with Crippen LogP contribution in [0.1, 0.15) is 29.9 Å². The molecule has 0 spiro atoms. The molecule has 0 aliphatic heterocycles. The first kappa shape index (κ1) is 13.8. The fourth-order valence-corrected chi connectivity index (χ4v) is 2.24. The van der Waals surface area contributed by atoms with Gasteiger partial charge in [0.1, 0.15) is 5.69 Å². The summed E-state index contributed by atoms with van der Waals surface area (Å²) in [5.41, 5.74) is 1.53. The first-order chi connectivity index (χ1) is 9.15. The molecule has 2 heterocycles. The van der Waals surface area contributed by atoms with E-state index in [0.29, 0.717) is 23.3 Å². The molecule has 0 atom stereocenters. The summed E-state index contributed by atoms with van der Waals surface area (Å²) in [5, 5.41) is 11.2. The lowest BCUT2D eigenvalue weighted by molar-refractivity contribution is 0.0939. The second-order valence-electron chi connectivity index (χ2n) is 4.04. The van der Waals surface area contributed by atoms with Crippen molar-refractivity contribution in [2.24, 2.45) is 0 Å². The third kappa shape index (κ3) is 3.04. The highest BCUT2D eigenvalue weighted by molar-refractivity contribution is 9.10. The summed E-state index contributed by atoms with van der Waals surface area (Å²) in [5.74, 6) is -0.143. The fourth-order valence-electron chi connectivity index (χ4n) is 1.76. The van der Waals surface area contributed by atoms with Crippen LogP contribution in [0.4, 0.5) is 0 Å². The molecule has 0 aromatic carbocycles. The van der Waals surface area contributed by atoms with Gasteiger partial charge in [0.2, 0.25) is 0 Å². The van der Waals surface area contributed by atoms with E-state index in [4.69, 9.17) is 0 Å². The smallest absolute Gasteiger partial charge is 0.271 e. The number of hydrogen-bond donors (Lipinski definition) is 1. The van der Waals surface area contributed by atoms with Crippen LogP contribution in [-0.2, 0) is 19.6 Å². The molecule has 0 aliphatic carbocycles. The Morgan fingerprint density at radius 1 is 1.32 bits per heavy atom. The highest BCUT2D eigenvalue weighted by Crippen LogP contribution is 2.15. The van der Waals surface area contributed by atoms with E-state index in [1.54, 1.807) is 17.1 Å². The molecule has 1 amide bonds. The Kier molecular flexibility index (Phi) is 4.36. The molecule has 0 saturated heterocycles. The number of nitrogens with zero attached hydrogens (tertiary/aromatic N) is 4. The maximum Gasteiger partial charge on any atom is 0.271 e. The van der Waals surface area contributed by atoms with Crippen molar-refractivity contribution in [1.29, 1.82) is 0 Å². The number of rotatable bonds is 5. The maximum absolute atomic E-state index is 12.1. The number of aryl methyl sites for hydroxylation is 2. The number of nitrogens with one attached hydrogen (secondary N) is 1. The summed E-state index contributed by atoms with van der Waals surface area (Å²) < 4.78 is 4.19. The zero-order valence-corrected chi connectivity index (χ0v) is 12.5. The van der Waals surface area contributed by atoms with E-state index in [2.05, 4.69) is 31.4 Å². The van der Waals surface area contributed by atoms with E-state index >= 15 is 0 Å². The molecular weight excluding hydrogens is 310 g/mol. The summed E-state index contributed by atoms with van der Waals surface area (Å²) in [7, 11) is 0. The first-order valence-corrected chi connectivity index (χ1v) is 6.95. The highest BCUT2D eigenvalue weighted by Gasteiger charge is 2.16. The monoisotopic (exact) mass is 325 g/mol. The van der Waals surface area contributed by atoms with Gasteiger partial charge in [0.05, 0.1) is 16.9 Å².